The van der Waals surface area contributed by atoms with Gasteiger partial charge in [-0.05, 0) is 38.5 Å². The Labute approximate surface area is 162 Å². The van der Waals surface area contributed by atoms with E-state index in [1.165, 1.54) is 9.80 Å². The van der Waals surface area contributed by atoms with Crippen LogP contribution in [0.4, 0.5) is 4.79 Å². The van der Waals surface area contributed by atoms with Gasteiger partial charge in [0.1, 0.15) is 11.2 Å². The average molecular weight is 392 g/mol. The molecular weight excluding hydrogens is 368 g/mol. The molecule has 9 nitrogen and oxygen atoms in total. The third-order valence-electron chi connectivity index (χ3n) is 6.33. The third-order valence-corrected chi connectivity index (χ3v) is 6.33. The quantitative estimate of drug-likeness (QED) is 0.495. The zero-order valence-electron chi connectivity index (χ0n) is 15.7. The van der Waals surface area contributed by atoms with E-state index in [1.807, 2.05) is 0 Å². The van der Waals surface area contributed by atoms with E-state index in [0.29, 0.717) is 25.7 Å². The summed E-state index contributed by atoms with van der Waals surface area (Å²) in [7, 11) is 0. The molecule has 2 aliphatic heterocycles. The molecule has 4 fully saturated rings. The highest BCUT2D eigenvalue weighted by molar-refractivity contribution is 6.02. The summed E-state index contributed by atoms with van der Waals surface area (Å²) in [6, 6.07) is 0. The first kappa shape index (κ1) is 18.9. The fraction of sp³-hybridized carbons (Fsp3) is 0.737. The molecule has 9 heteroatoms. The summed E-state index contributed by atoms with van der Waals surface area (Å²) in [5.41, 5.74) is -1.78. The van der Waals surface area contributed by atoms with Crippen molar-refractivity contribution in [1.82, 2.24) is 9.80 Å². The van der Waals surface area contributed by atoms with Crippen molar-refractivity contribution in [3.63, 3.8) is 0 Å². The fourth-order valence-electron chi connectivity index (χ4n) is 4.28. The number of imide groups is 2. The maximum Gasteiger partial charge on any atom is 0.509 e. The van der Waals surface area contributed by atoms with Crippen LogP contribution in [0.1, 0.15) is 64.2 Å². The van der Waals surface area contributed by atoms with Gasteiger partial charge < -0.3 is 9.47 Å². The van der Waals surface area contributed by atoms with Crippen LogP contribution in [0.5, 0.6) is 0 Å². The van der Waals surface area contributed by atoms with Crippen molar-refractivity contribution in [3.05, 3.63) is 0 Å². The summed E-state index contributed by atoms with van der Waals surface area (Å²) in [5, 5.41) is 0. The second kappa shape index (κ2) is 6.86. The number of hydrogen-bond acceptors (Lipinski definition) is 7. The topological polar surface area (TPSA) is 110 Å². The Bertz CT molecular complexity index is 647. The predicted molar refractivity (Wildman–Crippen MR) is 92.6 cm³/mol. The van der Waals surface area contributed by atoms with Crippen LogP contribution in [0.15, 0.2) is 0 Å². The van der Waals surface area contributed by atoms with Crippen molar-refractivity contribution in [1.29, 1.82) is 0 Å². The molecule has 28 heavy (non-hydrogen) atoms. The summed E-state index contributed by atoms with van der Waals surface area (Å²) in [5.74, 6) is -0.964. The van der Waals surface area contributed by atoms with Crippen LogP contribution in [0.25, 0.3) is 0 Å². The van der Waals surface area contributed by atoms with E-state index in [1.54, 1.807) is 0 Å². The lowest BCUT2D eigenvalue weighted by Crippen LogP contribution is -2.55. The Kier molecular flexibility index (Phi) is 4.63. The van der Waals surface area contributed by atoms with E-state index in [0.717, 1.165) is 12.8 Å². The molecule has 2 saturated carbocycles. The molecule has 2 heterocycles. The number of hydrogen-bond donors (Lipinski definition) is 0. The molecule has 4 aliphatic rings. The minimum atomic E-state index is -0.892. The van der Waals surface area contributed by atoms with Gasteiger partial charge in [0.25, 0.3) is 0 Å². The number of likely N-dealkylation sites (tertiary alicyclic amines) is 2. The number of rotatable bonds is 6. The van der Waals surface area contributed by atoms with Gasteiger partial charge in [0, 0.05) is 25.7 Å². The van der Waals surface area contributed by atoms with Gasteiger partial charge in [-0.2, -0.15) is 0 Å². The molecule has 4 amide bonds. The minimum Gasteiger partial charge on any atom is -0.426 e. The van der Waals surface area contributed by atoms with Crippen LogP contribution < -0.4 is 0 Å². The largest absolute Gasteiger partial charge is 0.509 e. The van der Waals surface area contributed by atoms with Crippen molar-refractivity contribution in [2.75, 3.05) is 13.1 Å². The summed E-state index contributed by atoms with van der Waals surface area (Å²) < 4.78 is 11.2. The maximum atomic E-state index is 12.5. The Morgan fingerprint density at radius 2 is 1.00 bits per heavy atom. The molecule has 0 atom stereocenters. The molecule has 152 valence electrons. The SMILES string of the molecule is O=C(OC1(CN2C(=O)CCC2=O)CCC1)OC1(CN2C(=O)CCC2=O)CCC1. The second-order valence-corrected chi connectivity index (χ2v) is 8.27. The molecule has 0 aromatic carbocycles. The third kappa shape index (κ3) is 3.38. The molecule has 2 aliphatic carbocycles. The lowest BCUT2D eigenvalue weighted by Gasteiger charge is -2.45. The van der Waals surface area contributed by atoms with Gasteiger partial charge in [-0.25, -0.2) is 4.79 Å². The summed E-state index contributed by atoms with van der Waals surface area (Å²) in [6.45, 7) is 0.131. The number of amides is 4. The lowest BCUT2D eigenvalue weighted by molar-refractivity contribution is -0.160. The molecule has 0 N–H and O–H groups in total. The number of carbonyl (C=O) groups excluding carboxylic acids is 5. The van der Waals surface area contributed by atoms with Gasteiger partial charge in [-0.15, -0.1) is 0 Å². The molecule has 0 radical (unpaired) electrons. The van der Waals surface area contributed by atoms with Gasteiger partial charge in [-0.1, -0.05) is 0 Å². The van der Waals surface area contributed by atoms with E-state index in [2.05, 4.69) is 0 Å². The van der Waals surface area contributed by atoms with Gasteiger partial charge in [0.15, 0.2) is 0 Å². The highest BCUT2D eigenvalue weighted by Gasteiger charge is 2.50. The highest BCUT2D eigenvalue weighted by atomic mass is 16.7. The van der Waals surface area contributed by atoms with Crippen molar-refractivity contribution in [2.24, 2.45) is 0 Å². The number of carbonyl (C=O) groups is 5. The summed E-state index contributed by atoms with van der Waals surface area (Å²) in [6.07, 6.45) is 3.85. The number of ether oxygens (including phenoxy) is 2. The fourth-order valence-corrected chi connectivity index (χ4v) is 4.28. The highest BCUT2D eigenvalue weighted by Crippen LogP contribution is 2.41. The van der Waals surface area contributed by atoms with E-state index in [4.69, 9.17) is 9.47 Å². The van der Waals surface area contributed by atoms with Gasteiger partial charge in [0.2, 0.25) is 23.6 Å². The molecule has 0 bridgehead atoms. The van der Waals surface area contributed by atoms with Crippen LogP contribution in [0.3, 0.4) is 0 Å². The van der Waals surface area contributed by atoms with Crippen molar-refractivity contribution in [3.8, 4) is 0 Å². The van der Waals surface area contributed by atoms with E-state index >= 15 is 0 Å². The Morgan fingerprint density at radius 3 is 1.25 bits per heavy atom. The van der Waals surface area contributed by atoms with E-state index < -0.39 is 17.4 Å². The van der Waals surface area contributed by atoms with Gasteiger partial charge >= 0.3 is 6.16 Å². The molecule has 0 aromatic rings. The monoisotopic (exact) mass is 392 g/mol. The van der Waals surface area contributed by atoms with Gasteiger partial charge in [-0.3, -0.25) is 29.0 Å². The minimum absolute atomic E-state index is 0.0653. The summed E-state index contributed by atoms with van der Waals surface area (Å²) in [4.78, 5) is 62.4. The second-order valence-electron chi connectivity index (χ2n) is 8.27. The first-order chi connectivity index (χ1) is 13.3. The zero-order valence-corrected chi connectivity index (χ0v) is 15.7. The number of nitrogens with zero attached hydrogens (tertiary/aromatic N) is 2. The molecule has 2 saturated heterocycles. The summed E-state index contributed by atoms with van der Waals surface area (Å²) >= 11 is 0. The first-order valence-electron chi connectivity index (χ1n) is 9.90. The Balaban J connectivity index is 1.38. The van der Waals surface area contributed by atoms with Crippen LogP contribution in [-0.4, -0.2) is 63.9 Å². The van der Waals surface area contributed by atoms with Crippen molar-refractivity contribution in [2.45, 2.75) is 75.4 Å². The smallest absolute Gasteiger partial charge is 0.426 e. The average Bonchev–Trinajstić information content (AvgIpc) is 3.07. The lowest BCUT2D eigenvalue weighted by atomic mass is 9.79. The first-order valence-corrected chi connectivity index (χ1v) is 9.90. The Morgan fingerprint density at radius 1 is 0.679 bits per heavy atom. The molecule has 0 unspecified atom stereocenters. The normalized spacial score (nSPS) is 25.6. The zero-order chi connectivity index (χ0) is 19.9. The standard InChI is InChI=1S/C19H24N2O7/c22-13-3-4-14(23)20(13)11-18(7-1-8-18)27-17(26)28-19(9-2-10-19)12-21-15(24)5-6-16(21)25/h1-12H2. The van der Waals surface area contributed by atoms with Crippen molar-refractivity contribution < 1.29 is 33.4 Å². The molecular formula is C19H24N2O7. The predicted octanol–water partition coefficient (Wildman–Crippen LogP) is 1.28. The molecule has 0 spiro atoms. The maximum absolute atomic E-state index is 12.5. The van der Waals surface area contributed by atoms with Crippen LogP contribution in [0, 0.1) is 0 Å². The van der Waals surface area contributed by atoms with Crippen LogP contribution in [-0.2, 0) is 28.7 Å². The van der Waals surface area contributed by atoms with Crippen LogP contribution >= 0.6 is 0 Å². The molecule has 0 aromatic heterocycles. The van der Waals surface area contributed by atoms with E-state index in [9.17, 15) is 24.0 Å². The van der Waals surface area contributed by atoms with Gasteiger partial charge in [0.05, 0.1) is 13.1 Å². The van der Waals surface area contributed by atoms with E-state index in [-0.39, 0.29) is 62.4 Å². The van der Waals surface area contributed by atoms with Crippen LogP contribution in [0.2, 0.25) is 0 Å². The Hall–Kier alpha value is -2.45. The molecule has 4 rings (SSSR count). The van der Waals surface area contributed by atoms with Crippen molar-refractivity contribution >= 4 is 29.8 Å².